The second-order valence-corrected chi connectivity index (χ2v) is 36.0. The summed E-state index contributed by atoms with van der Waals surface area (Å²) in [7, 11) is 0. The number of carbonyl (C=O) groups is 14. The fraction of sp³-hybridized carbons (Fsp3) is 0.579. The lowest BCUT2D eigenvalue weighted by molar-refractivity contribution is -0.346. The summed E-state index contributed by atoms with van der Waals surface area (Å²) in [6.45, 7) is 30.6. The van der Waals surface area contributed by atoms with Crippen LogP contribution in [0.5, 0.6) is 0 Å². The summed E-state index contributed by atoms with van der Waals surface area (Å²) in [4.78, 5) is 192. The maximum absolute atomic E-state index is 16.0. The summed E-state index contributed by atoms with van der Waals surface area (Å²) < 4.78 is 31.3. The van der Waals surface area contributed by atoms with Crippen molar-refractivity contribution in [2.24, 2.45) is 44.8 Å². The Hall–Kier alpha value is -10.4. The number of carbonyl (C=O) groups excluding carboxylic acids is 14. The van der Waals surface area contributed by atoms with Crippen LogP contribution >= 0.6 is 0 Å². The summed E-state index contributed by atoms with van der Waals surface area (Å²) in [6, 6.07) is 28.9. The van der Waals surface area contributed by atoms with E-state index in [1.54, 1.807) is 125 Å². The topological polar surface area (TPSA) is 450 Å². The van der Waals surface area contributed by atoms with E-state index in [0.29, 0.717) is 36.9 Å². The smallest absolute Gasteiger partial charge is 0.338 e. The molecule has 4 aliphatic rings. The number of ether oxygens (including phenoxy) is 5. The van der Waals surface area contributed by atoms with Crippen LogP contribution in [0.4, 0.5) is 0 Å². The molecular formula is C95H135N7O23. The second-order valence-electron chi connectivity index (χ2n) is 36.0. The van der Waals surface area contributed by atoms with Gasteiger partial charge in [0.15, 0.2) is 29.1 Å². The molecule has 1 saturated heterocycles. The first-order valence-electron chi connectivity index (χ1n) is 42.7. The molecule has 0 radical (unpaired) electrons. The molecule has 2 bridgehead atoms. The minimum Gasteiger partial charge on any atom is -0.457 e. The molecule has 15 atom stereocenters. The van der Waals surface area contributed by atoms with E-state index >= 15 is 9.59 Å². The molecule has 3 fully saturated rings. The minimum absolute atomic E-state index is 0. The molecule has 30 heteroatoms. The van der Waals surface area contributed by atoms with Crippen LogP contribution in [-0.4, -0.2) is 202 Å². The predicted octanol–water partition coefficient (Wildman–Crippen LogP) is 8.70. The summed E-state index contributed by atoms with van der Waals surface area (Å²) in [5.74, 6) is -12.6. The third-order valence-electron chi connectivity index (χ3n) is 24.6. The molecule has 8 rings (SSSR count). The minimum atomic E-state index is -2.54. The van der Waals surface area contributed by atoms with Crippen LogP contribution < -0.4 is 37.2 Å². The molecule has 4 aromatic rings. The van der Waals surface area contributed by atoms with Gasteiger partial charge < -0.3 is 81.3 Å². The molecule has 4 aromatic carbocycles. The molecule has 3 aliphatic carbocycles. The number of nitrogens with one attached hydrogen (secondary N) is 7. The summed E-state index contributed by atoms with van der Waals surface area (Å²) in [6.07, 6.45) is -8.07. The number of benzene rings is 4. The van der Waals surface area contributed by atoms with Crippen molar-refractivity contribution in [2.45, 2.75) is 275 Å². The third kappa shape index (κ3) is 27.1. The highest BCUT2D eigenvalue weighted by Gasteiger charge is 2.78. The van der Waals surface area contributed by atoms with E-state index in [1.807, 2.05) is 62.3 Å². The van der Waals surface area contributed by atoms with Crippen LogP contribution in [-0.2, 0) is 87.6 Å². The van der Waals surface area contributed by atoms with E-state index in [1.165, 1.54) is 52.0 Å². The first-order valence-corrected chi connectivity index (χ1v) is 42.7. The SMILES string of the molecule is C.CCC(C)(C)C(=O)NCC(=O)CCC(C)O.CCC(C)(C)C(=O)NCC(=O)N[C@@H](Cc1ccccc1)C(=O)N[C@@H](CC(C)C)C(=O)NCC(=O)C[C@@H](C(=O)O[C@H]1C[C@@]2(O)[C@@H](OC(=O)c3ccccc3)[C@@H]3[C@]4(OC(C)=O)CO[C@@H]4C[C@H](O)[C@@]3(C)C(=O)[C@H](OC(C)=O)C(=C1C)C2(C)C)[C@@H](NC(=O)c1ccccc1)c1ccccc1.CCC(C)(C)C(=O)NCC(C)O. The lowest BCUT2D eigenvalue weighted by Crippen LogP contribution is -2.82. The number of hydrogen-bond acceptors (Lipinski definition) is 23. The van der Waals surface area contributed by atoms with E-state index in [9.17, 15) is 67.7 Å². The van der Waals surface area contributed by atoms with E-state index < -0.39 is 191 Å². The Morgan fingerprint density at radius 3 is 1.61 bits per heavy atom. The maximum atomic E-state index is 16.0. The van der Waals surface area contributed by atoms with E-state index in [4.69, 9.17) is 33.9 Å². The van der Waals surface area contributed by atoms with Crippen LogP contribution in [0.25, 0.3) is 0 Å². The van der Waals surface area contributed by atoms with Crippen molar-refractivity contribution in [3.05, 3.63) is 155 Å². The fourth-order valence-corrected chi connectivity index (χ4v) is 15.6. The van der Waals surface area contributed by atoms with Crippen LogP contribution in [0.3, 0.4) is 0 Å². The molecule has 688 valence electrons. The van der Waals surface area contributed by atoms with Crippen molar-refractivity contribution in [1.82, 2.24) is 37.2 Å². The Balaban J connectivity index is 0.000000814. The highest BCUT2D eigenvalue weighted by Crippen LogP contribution is 2.65. The lowest BCUT2D eigenvalue weighted by atomic mass is 9.44. The zero-order valence-electron chi connectivity index (χ0n) is 75.2. The van der Waals surface area contributed by atoms with E-state index in [0.717, 1.165) is 26.7 Å². The van der Waals surface area contributed by atoms with Gasteiger partial charge in [-0.2, -0.15) is 0 Å². The molecule has 2 unspecified atom stereocenters. The zero-order valence-corrected chi connectivity index (χ0v) is 75.2. The third-order valence-corrected chi connectivity index (χ3v) is 24.6. The van der Waals surface area contributed by atoms with Gasteiger partial charge in [0.2, 0.25) is 35.4 Å². The molecule has 125 heavy (non-hydrogen) atoms. The molecule has 0 spiro atoms. The van der Waals surface area contributed by atoms with Crippen LogP contribution in [0.2, 0.25) is 0 Å². The fourth-order valence-electron chi connectivity index (χ4n) is 15.6. The molecule has 0 aromatic heterocycles. The number of ketones is 3. The van der Waals surface area contributed by atoms with Crippen molar-refractivity contribution in [2.75, 3.05) is 32.8 Å². The molecule has 1 heterocycles. The van der Waals surface area contributed by atoms with Gasteiger partial charge in [-0.25, -0.2) is 4.79 Å². The number of fused-ring (bicyclic) bond motifs is 5. The van der Waals surface area contributed by atoms with Gasteiger partial charge in [-0.15, -0.1) is 0 Å². The van der Waals surface area contributed by atoms with Crippen molar-refractivity contribution >= 4 is 82.6 Å². The van der Waals surface area contributed by atoms with Crippen molar-refractivity contribution in [3.8, 4) is 0 Å². The van der Waals surface area contributed by atoms with Gasteiger partial charge in [-0.1, -0.05) is 194 Å². The van der Waals surface area contributed by atoms with Gasteiger partial charge in [-0.3, -0.25) is 62.3 Å². The molecule has 11 N–H and O–H groups in total. The van der Waals surface area contributed by atoms with Crippen molar-refractivity contribution < 1.29 is 111 Å². The van der Waals surface area contributed by atoms with Gasteiger partial charge >= 0.3 is 23.9 Å². The number of amides is 7. The maximum Gasteiger partial charge on any atom is 0.338 e. The number of rotatable bonds is 37. The number of aliphatic hydroxyl groups excluding tert-OH is 3. The highest BCUT2D eigenvalue weighted by atomic mass is 16.6. The summed E-state index contributed by atoms with van der Waals surface area (Å²) >= 11 is 0. The number of esters is 4. The number of hydrogen-bond donors (Lipinski definition) is 11. The van der Waals surface area contributed by atoms with Gasteiger partial charge in [0.05, 0.1) is 73.4 Å². The Bertz CT molecular complexity index is 4440. The predicted molar refractivity (Wildman–Crippen MR) is 467 cm³/mol. The van der Waals surface area contributed by atoms with E-state index in [2.05, 4.69) is 37.2 Å². The lowest BCUT2D eigenvalue weighted by Gasteiger charge is -2.67. The molecular weight excluding hydrogens is 1610 g/mol. The second kappa shape index (κ2) is 45.7. The Morgan fingerprint density at radius 1 is 0.600 bits per heavy atom. The van der Waals surface area contributed by atoms with Crippen molar-refractivity contribution in [3.63, 3.8) is 0 Å². The standard InChI is InChI=1S/C73H89N5O18.C12H23NO3.C9H19NO2.CH4/c1-12-69(7,8)68(90)75-39-56(83)76-52(34-45-25-17-13-18-26-45)65(87)77-51(33-41(2)3)64(86)74-38-49(81)35-50(58(46-27-19-14-20-28-46)78-63(85)47-29-21-15-22-30-47)67(89)94-53-37-73(91)62(95-66(88)48-31-23-16-24-32-48)60-71(11,54(82)36-55-72(60,40-92-55)96-44(6)80)61(84)59(93-43(5)79)57(42(53)4)70(73,9)10;1-5-12(3,4)11(16)13-8-10(15)7-6-9(2)14;1-5-9(3,4)8(12)10-6-7(2)11;/h13-32,41,50-55,58-60,62,82,91H,12,33-40H2,1-11H3,(H,74,86)(H,75,90)(H,76,83)(H,77,87)(H,78,85);9,14H,5-8H2,1-4H3,(H,13,16);7,11H,5-6H2,1-4H3,(H,10,12);1H4/t50-,51+,52+,53+,54+,55-,58+,59-,60+,62+,71-,72+,73-;;;/m1.../s1. The van der Waals surface area contributed by atoms with Crippen molar-refractivity contribution in [1.29, 1.82) is 0 Å². The van der Waals surface area contributed by atoms with Crippen LogP contribution in [0.15, 0.2) is 132 Å². The molecule has 30 nitrogen and oxygen atoms in total. The van der Waals surface area contributed by atoms with E-state index in [-0.39, 0.29) is 97.0 Å². The van der Waals surface area contributed by atoms with Gasteiger partial charge in [0.25, 0.3) is 5.91 Å². The largest absolute Gasteiger partial charge is 0.457 e. The average molecular weight is 1740 g/mol. The molecule has 2 saturated carbocycles. The Labute approximate surface area is 735 Å². The summed E-state index contributed by atoms with van der Waals surface area (Å²) in [5.41, 5.74) is -8.71. The first kappa shape index (κ1) is 105. The zero-order chi connectivity index (χ0) is 92.8. The number of aliphatic hydroxyl groups is 4. The highest BCUT2D eigenvalue weighted by molar-refractivity contribution is 5.98. The quantitative estimate of drug-likeness (QED) is 0.0114. The van der Waals surface area contributed by atoms with Gasteiger partial charge in [0.1, 0.15) is 36.0 Å². The van der Waals surface area contributed by atoms with Gasteiger partial charge in [-0.05, 0) is 112 Å². The van der Waals surface area contributed by atoms with Crippen LogP contribution in [0, 0.1) is 44.8 Å². The average Bonchev–Trinajstić information content (AvgIpc) is 0.667. The number of Topliss-reactive ketones (excluding diaryl/α,β-unsaturated/α-hetero) is 3. The Kier molecular flexibility index (Phi) is 38.4. The molecule has 7 amide bonds. The normalized spacial score (nSPS) is 22.5. The molecule has 1 aliphatic heterocycles. The van der Waals surface area contributed by atoms with Gasteiger partial charge in [0, 0.05) is 79.7 Å². The Morgan fingerprint density at radius 2 is 1.11 bits per heavy atom. The summed E-state index contributed by atoms with van der Waals surface area (Å²) in [5, 5.41) is 63.5. The monoisotopic (exact) mass is 1740 g/mol. The van der Waals surface area contributed by atoms with Crippen LogP contribution in [0.1, 0.15) is 235 Å². The first-order chi connectivity index (χ1) is 58.0.